The van der Waals surface area contributed by atoms with Crippen molar-refractivity contribution in [1.29, 1.82) is 0 Å². The highest BCUT2D eigenvalue weighted by Gasteiger charge is 2.38. The van der Waals surface area contributed by atoms with Gasteiger partial charge in [-0.05, 0) is 49.0 Å². The second-order valence-electron chi connectivity index (χ2n) is 5.28. The minimum Gasteiger partial charge on any atom is -0.338 e. The molecule has 1 aliphatic heterocycles. The first-order valence-corrected chi connectivity index (χ1v) is 7.20. The first-order valence-electron chi connectivity index (χ1n) is 6.80. The van der Waals surface area contributed by atoms with E-state index in [2.05, 4.69) is 10.7 Å². The number of nitro benzene ring substituents is 1. The van der Waals surface area contributed by atoms with Gasteiger partial charge >= 0.3 is 0 Å². The van der Waals surface area contributed by atoms with Crippen LogP contribution in [0.25, 0.3) is 0 Å². The monoisotopic (exact) mass is 332 g/mol. The van der Waals surface area contributed by atoms with Gasteiger partial charge in [0.2, 0.25) is 0 Å². The molecule has 2 aromatic rings. The molecule has 1 fully saturated rings. The molecule has 0 unspecified atom stereocenters. The van der Waals surface area contributed by atoms with Gasteiger partial charge < -0.3 is 5.32 Å². The Labute approximate surface area is 137 Å². The van der Waals surface area contributed by atoms with Crippen molar-refractivity contribution in [3.8, 4) is 0 Å². The molecule has 1 saturated heterocycles. The first-order chi connectivity index (χ1) is 10.9. The lowest BCUT2D eigenvalue weighted by atomic mass is 10.0. The molecule has 0 saturated carbocycles. The fraction of sp³-hybridized carbons (Fsp3) is 0.133. The van der Waals surface area contributed by atoms with E-state index in [1.54, 1.807) is 29.3 Å². The Morgan fingerprint density at radius 3 is 2.35 bits per heavy atom. The topological polar surface area (TPSA) is 70.4 Å². The van der Waals surface area contributed by atoms with Crippen LogP contribution in [-0.2, 0) is 5.66 Å². The van der Waals surface area contributed by atoms with Crippen molar-refractivity contribution in [1.82, 2.24) is 10.7 Å². The highest BCUT2D eigenvalue weighted by atomic mass is 32.1. The van der Waals surface area contributed by atoms with E-state index in [9.17, 15) is 14.5 Å². The van der Waals surface area contributed by atoms with Crippen LogP contribution in [0.1, 0.15) is 12.5 Å². The summed E-state index contributed by atoms with van der Waals surface area (Å²) in [5.41, 5.74) is 3.99. The molecule has 2 N–H and O–H groups in total. The summed E-state index contributed by atoms with van der Waals surface area (Å²) in [6.07, 6.45) is 0. The van der Waals surface area contributed by atoms with Gasteiger partial charge in [-0.25, -0.2) is 9.40 Å². The molecule has 0 aromatic heterocycles. The van der Waals surface area contributed by atoms with Crippen molar-refractivity contribution in [2.24, 2.45) is 0 Å². The molecule has 1 aliphatic rings. The largest absolute Gasteiger partial charge is 0.338 e. The lowest BCUT2D eigenvalue weighted by Crippen LogP contribution is -2.45. The van der Waals surface area contributed by atoms with Crippen LogP contribution in [0.2, 0.25) is 0 Å². The normalized spacial score (nSPS) is 20.4. The molecule has 3 rings (SSSR count). The molecule has 1 heterocycles. The molecule has 1 atom stereocenters. The molecule has 0 aliphatic carbocycles. The van der Waals surface area contributed by atoms with Gasteiger partial charge in [0, 0.05) is 12.1 Å². The summed E-state index contributed by atoms with van der Waals surface area (Å²) in [5, 5.41) is 15.9. The smallest absolute Gasteiger partial charge is 0.269 e. The van der Waals surface area contributed by atoms with E-state index in [4.69, 9.17) is 12.2 Å². The molecule has 8 heteroatoms. The average Bonchev–Trinajstić information content (AvgIpc) is 2.84. The van der Waals surface area contributed by atoms with E-state index < -0.39 is 10.6 Å². The van der Waals surface area contributed by atoms with Crippen LogP contribution < -0.4 is 15.8 Å². The van der Waals surface area contributed by atoms with Gasteiger partial charge in [0.15, 0.2) is 5.11 Å². The molecular formula is C15H13FN4O2S. The summed E-state index contributed by atoms with van der Waals surface area (Å²) in [7, 11) is 0. The summed E-state index contributed by atoms with van der Waals surface area (Å²) < 4.78 is 13.1. The first kappa shape index (κ1) is 15.3. The van der Waals surface area contributed by atoms with Crippen molar-refractivity contribution in [3.63, 3.8) is 0 Å². The van der Waals surface area contributed by atoms with Crippen LogP contribution in [0.15, 0.2) is 48.5 Å². The number of halogens is 1. The minimum atomic E-state index is -0.702. The van der Waals surface area contributed by atoms with E-state index in [0.29, 0.717) is 10.8 Å². The molecule has 0 amide bonds. The van der Waals surface area contributed by atoms with Crippen molar-refractivity contribution >= 4 is 28.7 Å². The van der Waals surface area contributed by atoms with E-state index in [-0.39, 0.29) is 11.5 Å². The maximum Gasteiger partial charge on any atom is 0.269 e. The predicted octanol–water partition coefficient (Wildman–Crippen LogP) is 2.81. The molecule has 0 radical (unpaired) electrons. The Hall–Kier alpha value is -2.58. The second kappa shape index (κ2) is 5.56. The number of rotatable bonds is 3. The van der Waals surface area contributed by atoms with Gasteiger partial charge in [0.25, 0.3) is 5.69 Å². The van der Waals surface area contributed by atoms with E-state index in [0.717, 1.165) is 5.56 Å². The molecule has 0 bridgehead atoms. The number of hydrogen-bond acceptors (Lipinski definition) is 4. The predicted molar refractivity (Wildman–Crippen MR) is 88.2 cm³/mol. The highest BCUT2D eigenvalue weighted by Crippen LogP contribution is 2.27. The highest BCUT2D eigenvalue weighted by molar-refractivity contribution is 7.80. The number of nitrogens with zero attached hydrogens (tertiary/aromatic N) is 2. The third-order valence-electron chi connectivity index (χ3n) is 3.64. The zero-order valence-electron chi connectivity index (χ0n) is 12.1. The van der Waals surface area contributed by atoms with Gasteiger partial charge in [-0.1, -0.05) is 12.1 Å². The standard InChI is InChI=1S/C15H13FN4O2S/c1-15(10-2-4-11(16)5-3-10)17-14(23)19(18-15)12-6-8-13(9-7-12)20(21)22/h2-9,18H,1H3,(H,17,23)/t15-/m0/s1. The van der Waals surface area contributed by atoms with Crippen molar-refractivity contribution < 1.29 is 9.31 Å². The number of anilines is 1. The van der Waals surface area contributed by atoms with Crippen LogP contribution in [-0.4, -0.2) is 10.0 Å². The van der Waals surface area contributed by atoms with Crippen LogP contribution in [0.5, 0.6) is 0 Å². The number of hydrazine groups is 1. The summed E-state index contributed by atoms with van der Waals surface area (Å²) in [6, 6.07) is 12.1. The summed E-state index contributed by atoms with van der Waals surface area (Å²) in [6.45, 7) is 1.87. The van der Waals surface area contributed by atoms with E-state index in [1.807, 2.05) is 6.92 Å². The van der Waals surface area contributed by atoms with Crippen molar-refractivity contribution in [2.75, 3.05) is 5.01 Å². The maximum absolute atomic E-state index is 13.1. The number of benzene rings is 2. The zero-order chi connectivity index (χ0) is 16.6. The summed E-state index contributed by atoms with van der Waals surface area (Å²) in [4.78, 5) is 10.3. The van der Waals surface area contributed by atoms with Gasteiger partial charge in [-0.3, -0.25) is 10.1 Å². The molecule has 0 spiro atoms. The number of hydrogen-bond donors (Lipinski definition) is 2. The van der Waals surface area contributed by atoms with E-state index >= 15 is 0 Å². The number of nitrogens with one attached hydrogen (secondary N) is 2. The zero-order valence-corrected chi connectivity index (χ0v) is 12.9. The Bertz CT molecular complexity index is 766. The second-order valence-corrected chi connectivity index (χ2v) is 5.67. The summed E-state index contributed by atoms with van der Waals surface area (Å²) >= 11 is 5.33. The fourth-order valence-electron chi connectivity index (χ4n) is 2.40. The molecular weight excluding hydrogens is 319 g/mol. The van der Waals surface area contributed by atoms with Crippen molar-refractivity contribution in [2.45, 2.75) is 12.6 Å². The van der Waals surface area contributed by atoms with Crippen LogP contribution in [0, 0.1) is 15.9 Å². The Morgan fingerprint density at radius 2 is 1.78 bits per heavy atom. The van der Waals surface area contributed by atoms with Gasteiger partial charge in [-0.2, -0.15) is 5.43 Å². The van der Waals surface area contributed by atoms with E-state index in [1.165, 1.54) is 24.3 Å². The van der Waals surface area contributed by atoms with Crippen LogP contribution >= 0.6 is 12.2 Å². The average molecular weight is 332 g/mol. The molecule has 6 nitrogen and oxygen atoms in total. The Kier molecular flexibility index (Phi) is 3.70. The number of non-ortho nitro benzene ring substituents is 1. The van der Waals surface area contributed by atoms with Crippen LogP contribution in [0.4, 0.5) is 15.8 Å². The summed E-state index contributed by atoms with van der Waals surface area (Å²) in [5.74, 6) is -0.315. The SMILES string of the molecule is C[C@]1(c2ccc(F)cc2)NC(=S)N(c2ccc([N+](=O)[O-])cc2)N1. The molecule has 118 valence electrons. The molecule has 23 heavy (non-hydrogen) atoms. The molecule has 2 aromatic carbocycles. The Morgan fingerprint density at radius 1 is 1.17 bits per heavy atom. The fourth-order valence-corrected chi connectivity index (χ4v) is 2.75. The van der Waals surface area contributed by atoms with Crippen LogP contribution in [0.3, 0.4) is 0 Å². The maximum atomic E-state index is 13.1. The third-order valence-corrected chi connectivity index (χ3v) is 3.92. The van der Waals surface area contributed by atoms with Gasteiger partial charge in [0.1, 0.15) is 11.5 Å². The Balaban J connectivity index is 1.87. The lowest BCUT2D eigenvalue weighted by Gasteiger charge is -2.26. The number of nitro groups is 1. The van der Waals surface area contributed by atoms with Gasteiger partial charge in [0.05, 0.1) is 10.6 Å². The third kappa shape index (κ3) is 2.86. The number of thiocarbonyl (C=S) groups is 1. The lowest BCUT2D eigenvalue weighted by molar-refractivity contribution is -0.384. The van der Waals surface area contributed by atoms with Crippen molar-refractivity contribution in [3.05, 3.63) is 70.0 Å². The quantitative estimate of drug-likeness (QED) is 0.512. The van der Waals surface area contributed by atoms with Gasteiger partial charge in [-0.15, -0.1) is 0 Å². The minimum absolute atomic E-state index is 0.00752.